The summed E-state index contributed by atoms with van der Waals surface area (Å²) in [4.78, 5) is 12.4. The van der Waals surface area contributed by atoms with Crippen molar-refractivity contribution in [1.82, 2.24) is 0 Å². The Bertz CT molecular complexity index is 789. The van der Waals surface area contributed by atoms with Gasteiger partial charge in [0.05, 0.1) is 18.7 Å². The summed E-state index contributed by atoms with van der Waals surface area (Å²) in [5.41, 5.74) is 1.73. The van der Waals surface area contributed by atoms with Crippen LogP contribution in [0, 0.1) is 5.82 Å². The highest BCUT2D eigenvalue weighted by atomic mass is 35.5. The van der Waals surface area contributed by atoms with Crippen LogP contribution >= 0.6 is 11.6 Å². The van der Waals surface area contributed by atoms with Crippen LogP contribution in [0.15, 0.2) is 30.3 Å². The molecule has 1 N–H and O–H groups in total. The number of carbonyl (C=O) groups excluding carboxylic acids is 1. The summed E-state index contributed by atoms with van der Waals surface area (Å²) >= 11 is 5.99. The van der Waals surface area contributed by atoms with Gasteiger partial charge in [0.25, 0.3) is 0 Å². The number of halogens is 2. The second kappa shape index (κ2) is 7.31. The van der Waals surface area contributed by atoms with Crippen molar-refractivity contribution in [3.05, 3.63) is 52.3 Å². The number of ether oxygens (including phenoxy) is 2. The fraction of sp³-hybridized carbons (Fsp3) is 0.316. The Balaban J connectivity index is 1.82. The normalized spacial score (nSPS) is 15.4. The van der Waals surface area contributed by atoms with E-state index in [9.17, 15) is 9.18 Å². The second-order valence-electron chi connectivity index (χ2n) is 5.95. The van der Waals surface area contributed by atoms with Gasteiger partial charge < -0.3 is 14.8 Å². The van der Waals surface area contributed by atoms with Crippen LogP contribution in [0.5, 0.6) is 11.5 Å². The number of hydrogen-bond donors (Lipinski definition) is 1. The summed E-state index contributed by atoms with van der Waals surface area (Å²) in [6.07, 6.45) is 0.729. The SMILES string of the molecule is CCOc1cc2c(cc1NC(=O)Cc1c(F)cccc1Cl)O[C@@H](C)C2. The second-order valence-corrected chi connectivity index (χ2v) is 6.35. The van der Waals surface area contributed by atoms with Gasteiger partial charge in [-0.2, -0.15) is 0 Å². The van der Waals surface area contributed by atoms with Crippen molar-refractivity contribution in [3.8, 4) is 11.5 Å². The van der Waals surface area contributed by atoms with E-state index in [4.69, 9.17) is 21.1 Å². The molecule has 6 heteroatoms. The maximum Gasteiger partial charge on any atom is 0.229 e. The maximum atomic E-state index is 13.9. The number of nitrogens with one attached hydrogen (secondary N) is 1. The first-order valence-electron chi connectivity index (χ1n) is 8.17. The Morgan fingerprint density at radius 3 is 2.96 bits per heavy atom. The molecule has 0 unspecified atom stereocenters. The number of anilines is 1. The van der Waals surface area contributed by atoms with Gasteiger partial charge in [0.2, 0.25) is 5.91 Å². The van der Waals surface area contributed by atoms with Crippen LogP contribution in [0.1, 0.15) is 25.0 Å². The molecule has 1 heterocycles. The third kappa shape index (κ3) is 3.87. The summed E-state index contributed by atoms with van der Waals surface area (Å²) in [7, 11) is 0. The number of carbonyl (C=O) groups is 1. The number of rotatable bonds is 5. The van der Waals surface area contributed by atoms with Gasteiger partial charge in [-0.3, -0.25) is 4.79 Å². The third-order valence-corrected chi connectivity index (χ3v) is 4.33. The standard InChI is InChI=1S/C19H19ClFNO3/c1-3-24-18-8-12-7-11(2)25-17(12)10-16(18)22-19(23)9-13-14(20)5-4-6-15(13)21/h4-6,8,10-11H,3,7,9H2,1-2H3,(H,22,23)/t11-/m0/s1. The van der Waals surface area contributed by atoms with E-state index in [2.05, 4.69) is 5.32 Å². The van der Waals surface area contributed by atoms with Gasteiger partial charge in [0.15, 0.2) is 0 Å². The van der Waals surface area contributed by atoms with Crippen molar-refractivity contribution in [2.75, 3.05) is 11.9 Å². The predicted molar refractivity (Wildman–Crippen MR) is 95.1 cm³/mol. The Kier molecular flexibility index (Phi) is 5.13. The minimum absolute atomic E-state index is 0.0904. The van der Waals surface area contributed by atoms with E-state index < -0.39 is 5.82 Å². The molecule has 132 valence electrons. The minimum Gasteiger partial charge on any atom is -0.492 e. The lowest BCUT2D eigenvalue weighted by Crippen LogP contribution is -2.16. The fourth-order valence-electron chi connectivity index (χ4n) is 2.87. The van der Waals surface area contributed by atoms with Crippen molar-refractivity contribution in [2.24, 2.45) is 0 Å². The van der Waals surface area contributed by atoms with Crippen LogP contribution in [0.3, 0.4) is 0 Å². The van der Waals surface area contributed by atoms with Gasteiger partial charge in [-0.1, -0.05) is 17.7 Å². The summed E-state index contributed by atoms with van der Waals surface area (Å²) in [5, 5.41) is 3.00. The van der Waals surface area contributed by atoms with E-state index in [1.165, 1.54) is 12.1 Å². The molecule has 1 amide bonds. The molecular formula is C19H19ClFNO3. The molecule has 1 atom stereocenters. The van der Waals surface area contributed by atoms with Gasteiger partial charge in [0, 0.05) is 28.6 Å². The van der Waals surface area contributed by atoms with Gasteiger partial charge >= 0.3 is 0 Å². The Morgan fingerprint density at radius 2 is 2.24 bits per heavy atom. The summed E-state index contributed by atoms with van der Waals surface area (Å²) in [6, 6.07) is 7.98. The lowest BCUT2D eigenvalue weighted by Gasteiger charge is -2.14. The van der Waals surface area contributed by atoms with Crippen LogP contribution < -0.4 is 14.8 Å². The quantitative estimate of drug-likeness (QED) is 0.857. The zero-order valence-corrected chi connectivity index (χ0v) is 14.8. The average Bonchev–Trinajstić information content (AvgIpc) is 2.90. The van der Waals surface area contributed by atoms with Crippen LogP contribution in [-0.4, -0.2) is 18.6 Å². The van der Waals surface area contributed by atoms with E-state index in [0.29, 0.717) is 18.0 Å². The van der Waals surface area contributed by atoms with Crippen LogP contribution in [-0.2, 0) is 17.6 Å². The average molecular weight is 364 g/mol. The summed E-state index contributed by atoms with van der Waals surface area (Å²) < 4.78 is 25.2. The maximum absolute atomic E-state index is 13.9. The van der Waals surface area contributed by atoms with E-state index in [1.807, 2.05) is 19.9 Å². The first kappa shape index (κ1) is 17.5. The highest BCUT2D eigenvalue weighted by Crippen LogP contribution is 2.38. The van der Waals surface area contributed by atoms with Gasteiger partial charge in [0.1, 0.15) is 23.4 Å². The van der Waals surface area contributed by atoms with E-state index >= 15 is 0 Å². The Hall–Kier alpha value is -2.27. The van der Waals surface area contributed by atoms with Crippen molar-refractivity contribution in [2.45, 2.75) is 32.8 Å². The van der Waals surface area contributed by atoms with Gasteiger partial charge in [-0.05, 0) is 32.0 Å². The smallest absolute Gasteiger partial charge is 0.229 e. The molecular weight excluding hydrogens is 345 g/mol. The van der Waals surface area contributed by atoms with Crippen LogP contribution in [0.25, 0.3) is 0 Å². The molecule has 0 spiro atoms. The molecule has 0 fully saturated rings. The molecule has 0 aliphatic carbocycles. The predicted octanol–water partition coefficient (Wildman–Crippen LogP) is 4.38. The molecule has 4 nitrogen and oxygen atoms in total. The number of amides is 1. The van der Waals surface area contributed by atoms with Crippen molar-refractivity contribution >= 4 is 23.2 Å². The molecule has 0 saturated carbocycles. The fourth-order valence-corrected chi connectivity index (χ4v) is 3.10. The van der Waals surface area contributed by atoms with E-state index in [1.54, 1.807) is 12.1 Å². The first-order chi connectivity index (χ1) is 12.0. The molecule has 0 saturated heterocycles. The molecule has 3 rings (SSSR count). The highest BCUT2D eigenvalue weighted by Gasteiger charge is 2.23. The Labute approximate surface area is 150 Å². The van der Waals surface area contributed by atoms with Gasteiger partial charge in [-0.25, -0.2) is 4.39 Å². The molecule has 25 heavy (non-hydrogen) atoms. The first-order valence-corrected chi connectivity index (χ1v) is 8.54. The third-order valence-electron chi connectivity index (χ3n) is 3.97. The lowest BCUT2D eigenvalue weighted by atomic mass is 10.1. The van der Waals surface area contributed by atoms with E-state index in [-0.39, 0.29) is 29.0 Å². The lowest BCUT2D eigenvalue weighted by molar-refractivity contribution is -0.115. The van der Waals surface area contributed by atoms with Crippen molar-refractivity contribution in [1.29, 1.82) is 0 Å². The monoisotopic (exact) mass is 363 g/mol. The van der Waals surface area contributed by atoms with Crippen LogP contribution in [0.4, 0.5) is 10.1 Å². The molecule has 1 aliphatic rings. The van der Waals surface area contributed by atoms with Crippen LogP contribution in [0.2, 0.25) is 5.02 Å². The van der Waals surface area contributed by atoms with Crippen molar-refractivity contribution < 1.29 is 18.7 Å². The zero-order chi connectivity index (χ0) is 18.0. The molecule has 1 aliphatic heterocycles. The molecule has 0 bridgehead atoms. The molecule has 2 aromatic rings. The molecule has 0 aromatic heterocycles. The highest BCUT2D eigenvalue weighted by molar-refractivity contribution is 6.31. The van der Waals surface area contributed by atoms with E-state index in [0.717, 1.165) is 17.7 Å². The molecule has 2 aromatic carbocycles. The number of fused-ring (bicyclic) bond motifs is 1. The molecule has 0 radical (unpaired) electrons. The van der Waals surface area contributed by atoms with Gasteiger partial charge in [-0.15, -0.1) is 0 Å². The largest absolute Gasteiger partial charge is 0.492 e. The zero-order valence-electron chi connectivity index (χ0n) is 14.1. The van der Waals surface area contributed by atoms with Crippen molar-refractivity contribution in [3.63, 3.8) is 0 Å². The summed E-state index contributed by atoms with van der Waals surface area (Å²) in [6.45, 7) is 4.33. The summed E-state index contributed by atoms with van der Waals surface area (Å²) in [5.74, 6) is 0.430. The number of benzene rings is 2. The minimum atomic E-state index is -0.501. The Morgan fingerprint density at radius 1 is 1.44 bits per heavy atom. The topological polar surface area (TPSA) is 47.6 Å². The number of hydrogen-bond acceptors (Lipinski definition) is 3.